The van der Waals surface area contributed by atoms with E-state index in [1.165, 1.54) is 5.56 Å². The smallest absolute Gasteiger partial charge is 0.197 e. The zero-order chi connectivity index (χ0) is 19.2. The average molecular weight is 474 g/mol. The van der Waals surface area contributed by atoms with Gasteiger partial charge in [-0.15, -0.1) is 36.2 Å². The van der Waals surface area contributed by atoms with Gasteiger partial charge in [0.05, 0.1) is 5.39 Å². The number of nitrogens with zero attached hydrogens (tertiary/aromatic N) is 1. The molecule has 168 valence electrons. The Bertz CT molecular complexity index is 978. The fourth-order valence-corrected chi connectivity index (χ4v) is 4.71. The summed E-state index contributed by atoms with van der Waals surface area (Å²) in [4.78, 5) is 15.7. The maximum Gasteiger partial charge on any atom is 0.197 e. The van der Waals surface area contributed by atoms with E-state index in [-0.39, 0.29) is 35.7 Å². The number of nitrogens with one attached hydrogen (secondary N) is 2. The lowest BCUT2D eigenvalue weighted by Crippen LogP contribution is -2.25. The first-order valence-electron chi connectivity index (χ1n) is 9.77. The number of hydrogen-bond donors (Lipinski definition) is 2. The molecule has 1 aromatic heterocycles. The highest BCUT2D eigenvalue weighted by molar-refractivity contribution is 7.24. The highest BCUT2D eigenvalue weighted by atomic mass is 35.5. The van der Waals surface area contributed by atoms with Crippen LogP contribution in [0.2, 0.25) is 0 Å². The number of rotatable bonds is 9. The van der Waals surface area contributed by atoms with Crippen LogP contribution in [0.1, 0.15) is 25.8 Å². The number of anilines is 1. The third kappa shape index (κ3) is 6.30. The molecule has 2 aromatic carbocycles. The van der Waals surface area contributed by atoms with Crippen LogP contribution in [0.15, 0.2) is 41.2 Å². The van der Waals surface area contributed by atoms with Gasteiger partial charge in [0.25, 0.3) is 0 Å². The summed E-state index contributed by atoms with van der Waals surface area (Å²) in [6, 6.07) is 12.1. The predicted molar refractivity (Wildman–Crippen MR) is 137 cm³/mol. The van der Waals surface area contributed by atoms with Gasteiger partial charge in [-0.05, 0) is 56.9 Å². The quantitative estimate of drug-likeness (QED) is 0.358. The summed E-state index contributed by atoms with van der Waals surface area (Å²) >= 11 is 1.71. The molecular formula is C22H33Cl2N3O2S. The maximum atomic E-state index is 13.2. The Morgan fingerprint density at radius 2 is 1.73 bits per heavy atom. The van der Waals surface area contributed by atoms with E-state index in [1.54, 1.807) is 11.3 Å². The van der Waals surface area contributed by atoms with E-state index in [2.05, 4.69) is 41.5 Å². The van der Waals surface area contributed by atoms with E-state index in [1.807, 2.05) is 31.3 Å². The Balaban J connectivity index is 0.00000280. The lowest BCUT2D eigenvalue weighted by molar-refractivity contribution is 0.303. The van der Waals surface area contributed by atoms with Crippen molar-refractivity contribution in [3.05, 3.63) is 52.2 Å². The molecule has 0 atom stereocenters. The highest BCUT2D eigenvalue weighted by Gasteiger charge is 2.13. The molecule has 0 radical (unpaired) electrons. The van der Waals surface area contributed by atoms with Crippen molar-refractivity contribution in [2.24, 2.45) is 0 Å². The second kappa shape index (κ2) is 13.8. The van der Waals surface area contributed by atoms with E-state index < -0.39 is 0 Å². The minimum atomic E-state index is 0. The van der Waals surface area contributed by atoms with Crippen molar-refractivity contribution in [2.45, 2.75) is 26.8 Å². The molecule has 1 heterocycles. The first-order valence-corrected chi connectivity index (χ1v) is 10.6. The van der Waals surface area contributed by atoms with Crippen molar-refractivity contribution < 1.29 is 5.48 Å². The monoisotopic (exact) mass is 473 g/mol. The van der Waals surface area contributed by atoms with Crippen molar-refractivity contribution in [1.82, 2.24) is 10.2 Å². The summed E-state index contributed by atoms with van der Waals surface area (Å²) in [6.07, 6.45) is 1.06. The van der Waals surface area contributed by atoms with Crippen molar-refractivity contribution >= 4 is 62.0 Å². The van der Waals surface area contributed by atoms with E-state index in [4.69, 9.17) is 0 Å². The summed E-state index contributed by atoms with van der Waals surface area (Å²) in [5.74, 6) is 0. The molecule has 0 saturated heterocycles. The van der Waals surface area contributed by atoms with Gasteiger partial charge in [-0.3, -0.25) is 4.79 Å². The second-order valence-corrected chi connectivity index (χ2v) is 7.79. The molecule has 8 heteroatoms. The highest BCUT2D eigenvalue weighted by Crippen LogP contribution is 2.32. The molecule has 3 aromatic rings. The normalized spacial score (nSPS) is 10.4. The summed E-state index contributed by atoms with van der Waals surface area (Å²) in [7, 11) is 1.94. The zero-order valence-corrected chi connectivity index (χ0v) is 20.2. The summed E-state index contributed by atoms with van der Waals surface area (Å²) in [5.41, 5.74) is 2.26. The summed E-state index contributed by atoms with van der Waals surface area (Å²) in [5, 5.41) is 8.38. The zero-order valence-electron chi connectivity index (χ0n) is 17.8. The fraction of sp³-hybridized carbons (Fsp3) is 0.409. The maximum absolute atomic E-state index is 13.2. The number of benzene rings is 2. The van der Waals surface area contributed by atoms with E-state index in [0.717, 1.165) is 65.0 Å². The molecule has 0 aliphatic rings. The van der Waals surface area contributed by atoms with Crippen molar-refractivity contribution in [3.63, 3.8) is 0 Å². The van der Waals surface area contributed by atoms with Gasteiger partial charge in [0.1, 0.15) is 0 Å². The van der Waals surface area contributed by atoms with Gasteiger partial charge in [0.15, 0.2) is 5.43 Å². The molecule has 4 N–H and O–H groups in total. The van der Waals surface area contributed by atoms with Crippen LogP contribution in [0, 0.1) is 0 Å². The molecule has 30 heavy (non-hydrogen) atoms. The number of fused-ring (bicyclic) bond motifs is 2. The fourth-order valence-electron chi connectivity index (χ4n) is 3.50. The Kier molecular flexibility index (Phi) is 13.2. The lowest BCUT2D eigenvalue weighted by Gasteiger charge is -2.18. The minimum absolute atomic E-state index is 0. The SMILES string of the molecule is CCN(CC)CCCNc1ccc(CNC)c2sc3ccccc3c(=O)c12.Cl.Cl.O. The molecule has 0 unspecified atom stereocenters. The first kappa shape index (κ1) is 28.6. The second-order valence-electron chi connectivity index (χ2n) is 6.74. The van der Waals surface area contributed by atoms with Crippen LogP contribution in [0.4, 0.5) is 5.69 Å². The summed E-state index contributed by atoms with van der Waals surface area (Å²) < 4.78 is 2.13. The predicted octanol–water partition coefficient (Wildman–Crippen LogP) is 4.30. The Labute approximate surface area is 195 Å². The van der Waals surface area contributed by atoms with Gasteiger partial charge < -0.3 is 21.0 Å². The molecule has 0 aliphatic carbocycles. The van der Waals surface area contributed by atoms with Crippen LogP contribution >= 0.6 is 36.2 Å². The standard InChI is InChI=1S/C22H29N3OS.2ClH.H2O/c1-4-25(5-2)14-8-13-24-18-12-11-16(15-23-3)22-20(18)21(26)17-9-6-7-10-19(17)27-22;;;/h6-7,9-12,23-24H,4-5,8,13-15H2,1-3H3;2*1H;1H2. The van der Waals surface area contributed by atoms with Crippen LogP contribution in [-0.4, -0.2) is 43.6 Å². The Hall–Kier alpha value is -1.41. The Morgan fingerprint density at radius 1 is 1.03 bits per heavy atom. The van der Waals surface area contributed by atoms with Crippen molar-refractivity contribution in [1.29, 1.82) is 0 Å². The topological polar surface area (TPSA) is 75.9 Å². The van der Waals surface area contributed by atoms with Crippen LogP contribution in [0.3, 0.4) is 0 Å². The van der Waals surface area contributed by atoms with Gasteiger partial charge in [0.2, 0.25) is 0 Å². The van der Waals surface area contributed by atoms with Crippen molar-refractivity contribution in [2.75, 3.05) is 38.5 Å². The van der Waals surface area contributed by atoms with E-state index in [0.29, 0.717) is 0 Å². The molecule has 0 saturated carbocycles. The van der Waals surface area contributed by atoms with Gasteiger partial charge in [0, 0.05) is 33.6 Å². The Morgan fingerprint density at radius 3 is 2.40 bits per heavy atom. The van der Waals surface area contributed by atoms with E-state index >= 15 is 0 Å². The number of halogens is 2. The minimum Gasteiger partial charge on any atom is -0.412 e. The van der Waals surface area contributed by atoms with E-state index in [9.17, 15) is 4.79 Å². The van der Waals surface area contributed by atoms with Gasteiger partial charge >= 0.3 is 0 Å². The molecule has 3 rings (SSSR count). The van der Waals surface area contributed by atoms with Crippen LogP contribution < -0.4 is 16.1 Å². The third-order valence-electron chi connectivity index (χ3n) is 5.04. The largest absolute Gasteiger partial charge is 0.412 e. The first-order chi connectivity index (χ1) is 13.2. The summed E-state index contributed by atoms with van der Waals surface area (Å²) in [6.45, 7) is 9.25. The van der Waals surface area contributed by atoms with Crippen LogP contribution in [0.5, 0.6) is 0 Å². The van der Waals surface area contributed by atoms with Crippen LogP contribution in [0.25, 0.3) is 20.2 Å². The molecule has 0 bridgehead atoms. The molecule has 0 spiro atoms. The molecular weight excluding hydrogens is 441 g/mol. The van der Waals surface area contributed by atoms with Crippen LogP contribution in [-0.2, 0) is 6.54 Å². The third-order valence-corrected chi connectivity index (χ3v) is 6.28. The lowest BCUT2D eigenvalue weighted by atomic mass is 10.1. The van der Waals surface area contributed by atoms with Crippen molar-refractivity contribution in [3.8, 4) is 0 Å². The van der Waals surface area contributed by atoms with Gasteiger partial charge in [-0.25, -0.2) is 0 Å². The average Bonchev–Trinajstić information content (AvgIpc) is 2.70. The molecule has 0 amide bonds. The molecule has 0 fully saturated rings. The van der Waals surface area contributed by atoms with Gasteiger partial charge in [-0.1, -0.05) is 32.0 Å². The molecule has 5 nitrogen and oxygen atoms in total. The molecule has 0 aliphatic heterocycles. The van der Waals surface area contributed by atoms with Gasteiger partial charge in [-0.2, -0.15) is 0 Å². The number of hydrogen-bond acceptors (Lipinski definition) is 5.